The fraction of sp³-hybridized carbons (Fsp3) is 0.583. The van der Waals surface area contributed by atoms with E-state index in [2.05, 4.69) is 39.0 Å². The number of nitrogens with zero attached hydrogens (tertiary/aromatic N) is 6. The molecule has 0 unspecified atom stereocenters. The Labute approximate surface area is 117 Å². The average Bonchev–Trinajstić information content (AvgIpc) is 2.85. The number of hydrogen-bond donors (Lipinski definition) is 0. The lowest BCUT2D eigenvalue weighted by Gasteiger charge is -2.36. The van der Waals surface area contributed by atoms with Gasteiger partial charge in [0, 0.05) is 25.2 Å². The van der Waals surface area contributed by atoms with Crippen molar-refractivity contribution in [3.8, 4) is 0 Å². The smallest absolute Gasteiger partial charge is 0.255 e. The molecule has 2 aromatic heterocycles. The summed E-state index contributed by atoms with van der Waals surface area (Å²) in [4.78, 5) is 12.8. The molecule has 0 aromatic carbocycles. The van der Waals surface area contributed by atoms with Crippen molar-refractivity contribution in [2.24, 2.45) is 0 Å². The maximum Gasteiger partial charge on any atom is 0.255 e. The molecule has 0 N–H and O–H groups in total. The fourth-order valence-electron chi connectivity index (χ4n) is 2.61. The lowest BCUT2D eigenvalue weighted by Crippen LogP contribution is -2.42. The van der Waals surface area contributed by atoms with Crippen molar-refractivity contribution >= 4 is 23.2 Å². The molecule has 1 aliphatic heterocycles. The van der Waals surface area contributed by atoms with Gasteiger partial charge in [-0.25, -0.2) is 0 Å². The van der Waals surface area contributed by atoms with Gasteiger partial charge in [-0.2, -0.15) is 19.6 Å². The van der Waals surface area contributed by atoms with Crippen molar-refractivity contribution in [2.75, 3.05) is 32.1 Å². The summed E-state index contributed by atoms with van der Waals surface area (Å²) in [6.45, 7) is 2.00. The Morgan fingerprint density at radius 2 is 2.05 bits per heavy atom. The van der Waals surface area contributed by atoms with Crippen LogP contribution in [0, 0.1) is 0 Å². The Kier molecular flexibility index (Phi) is 3.28. The summed E-state index contributed by atoms with van der Waals surface area (Å²) in [5.41, 5.74) is 0. The molecule has 3 rings (SSSR count). The molecule has 7 heteroatoms. The molecule has 0 bridgehead atoms. The summed E-state index contributed by atoms with van der Waals surface area (Å²) in [7, 11) is 4.28. The molecule has 0 aliphatic carbocycles. The zero-order valence-electron chi connectivity index (χ0n) is 11.1. The summed E-state index contributed by atoms with van der Waals surface area (Å²) in [6, 6.07) is 2.51. The Morgan fingerprint density at radius 1 is 1.32 bits per heavy atom. The first kappa shape index (κ1) is 12.6. The van der Waals surface area contributed by atoms with Gasteiger partial charge in [0.05, 0.1) is 0 Å². The van der Waals surface area contributed by atoms with E-state index in [1.165, 1.54) is 6.33 Å². The van der Waals surface area contributed by atoms with Crippen LogP contribution in [0.3, 0.4) is 0 Å². The molecule has 3 heterocycles. The van der Waals surface area contributed by atoms with Crippen LogP contribution in [0.15, 0.2) is 12.4 Å². The van der Waals surface area contributed by atoms with Crippen LogP contribution in [-0.4, -0.2) is 57.7 Å². The summed E-state index contributed by atoms with van der Waals surface area (Å²) in [5.74, 6) is 1.53. The standard InChI is InChI=1S/C12H17ClN6/c1-17(2)9-3-5-18(6-4-9)11-7-10(13)16-12-14-8-15-19(11)12/h7-9H,3-6H2,1-2H3. The minimum absolute atomic E-state index is 0.463. The molecular formula is C12H17ClN6. The Hall–Kier alpha value is -1.40. The highest BCUT2D eigenvalue weighted by Gasteiger charge is 2.23. The Bertz CT molecular complexity index is 573. The fourth-order valence-corrected chi connectivity index (χ4v) is 2.78. The largest absolute Gasteiger partial charge is 0.356 e. The zero-order valence-corrected chi connectivity index (χ0v) is 11.9. The van der Waals surface area contributed by atoms with Crippen LogP contribution in [-0.2, 0) is 0 Å². The highest BCUT2D eigenvalue weighted by atomic mass is 35.5. The number of fused-ring (bicyclic) bond motifs is 1. The van der Waals surface area contributed by atoms with E-state index >= 15 is 0 Å². The molecule has 0 spiro atoms. The molecule has 6 nitrogen and oxygen atoms in total. The summed E-state index contributed by atoms with van der Waals surface area (Å²) in [5, 5.41) is 4.68. The van der Waals surface area contributed by atoms with Gasteiger partial charge in [0.25, 0.3) is 5.78 Å². The highest BCUT2D eigenvalue weighted by Crippen LogP contribution is 2.23. The molecule has 1 saturated heterocycles. The van der Waals surface area contributed by atoms with Crippen molar-refractivity contribution in [3.05, 3.63) is 17.5 Å². The molecule has 0 radical (unpaired) electrons. The van der Waals surface area contributed by atoms with Gasteiger partial charge in [-0.05, 0) is 26.9 Å². The number of rotatable bonds is 2. The average molecular weight is 281 g/mol. The maximum absolute atomic E-state index is 6.05. The predicted molar refractivity (Wildman–Crippen MR) is 74.7 cm³/mol. The molecule has 1 aliphatic rings. The van der Waals surface area contributed by atoms with Gasteiger partial charge in [-0.3, -0.25) is 0 Å². The second-order valence-electron chi connectivity index (χ2n) is 5.09. The molecule has 19 heavy (non-hydrogen) atoms. The van der Waals surface area contributed by atoms with Crippen molar-refractivity contribution in [2.45, 2.75) is 18.9 Å². The van der Waals surface area contributed by atoms with Gasteiger partial charge in [-0.1, -0.05) is 11.6 Å². The number of halogens is 1. The summed E-state index contributed by atoms with van der Waals surface area (Å²) < 4.78 is 1.75. The van der Waals surface area contributed by atoms with E-state index in [4.69, 9.17) is 11.6 Å². The number of aromatic nitrogens is 4. The topological polar surface area (TPSA) is 49.6 Å². The summed E-state index contributed by atoms with van der Waals surface area (Å²) >= 11 is 6.05. The molecule has 1 fully saturated rings. The van der Waals surface area contributed by atoms with E-state index in [1.807, 2.05) is 6.07 Å². The minimum atomic E-state index is 0.463. The highest BCUT2D eigenvalue weighted by molar-refractivity contribution is 6.29. The summed E-state index contributed by atoms with van der Waals surface area (Å²) in [6.07, 6.45) is 3.79. The van der Waals surface area contributed by atoms with E-state index < -0.39 is 0 Å². The first-order valence-corrected chi connectivity index (χ1v) is 6.80. The van der Waals surface area contributed by atoms with Gasteiger partial charge in [0.1, 0.15) is 17.3 Å². The van der Waals surface area contributed by atoms with Gasteiger partial charge in [-0.15, -0.1) is 0 Å². The minimum Gasteiger partial charge on any atom is -0.356 e. The van der Waals surface area contributed by atoms with Crippen molar-refractivity contribution in [1.82, 2.24) is 24.5 Å². The van der Waals surface area contributed by atoms with Crippen LogP contribution < -0.4 is 4.90 Å². The predicted octanol–water partition coefficient (Wildman–Crippen LogP) is 1.31. The van der Waals surface area contributed by atoms with E-state index in [9.17, 15) is 0 Å². The first-order valence-electron chi connectivity index (χ1n) is 6.43. The van der Waals surface area contributed by atoms with Crippen LogP contribution in [0.2, 0.25) is 5.15 Å². The molecule has 0 saturated carbocycles. The number of piperidine rings is 1. The third kappa shape index (κ3) is 2.37. The van der Waals surface area contributed by atoms with Gasteiger partial charge in [0.2, 0.25) is 0 Å². The van der Waals surface area contributed by atoms with Gasteiger partial charge < -0.3 is 9.80 Å². The number of anilines is 1. The van der Waals surface area contributed by atoms with E-state index in [1.54, 1.807) is 4.52 Å². The SMILES string of the molecule is CN(C)C1CCN(c2cc(Cl)nc3ncnn23)CC1. The second kappa shape index (κ2) is 4.94. The van der Waals surface area contributed by atoms with Crippen molar-refractivity contribution in [3.63, 3.8) is 0 Å². The normalized spacial score (nSPS) is 17.6. The Balaban J connectivity index is 1.87. The van der Waals surface area contributed by atoms with Crippen molar-refractivity contribution < 1.29 is 0 Å². The lowest BCUT2D eigenvalue weighted by atomic mass is 10.0. The van der Waals surface area contributed by atoms with Gasteiger partial charge in [0.15, 0.2) is 0 Å². The molecular weight excluding hydrogens is 264 g/mol. The molecule has 2 aromatic rings. The molecule has 0 amide bonds. The maximum atomic E-state index is 6.05. The lowest BCUT2D eigenvalue weighted by molar-refractivity contribution is 0.249. The van der Waals surface area contributed by atoms with Crippen LogP contribution >= 0.6 is 11.6 Å². The monoisotopic (exact) mass is 280 g/mol. The van der Waals surface area contributed by atoms with E-state index in [-0.39, 0.29) is 0 Å². The van der Waals surface area contributed by atoms with Crippen LogP contribution in [0.1, 0.15) is 12.8 Å². The van der Waals surface area contributed by atoms with Crippen LogP contribution in [0.25, 0.3) is 5.78 Å². The van der Waals surface area contributed by atoms with Crippen molar-refractivity contribution in [1.29, 1.82) is 0 Å². The van der Waals surface area contributed by atoms with E-state index in [0.29, 0.717) is 17.0 Å². The Morgan fingerprint density at radius 3 is 2.74 bits per heavy atom. The zero-order chi connectivity index (χ0) is 13.4. The quantitative estimate of drug-likeness (QED) is 0.777. The molecule has 0 atom stereocenters. The molecule has 102 valence electrons. The second-order valence-corrected chi connectivity index (χ2v) is 5.48. The van der Waals surface area contributed by atoms with Crippen LogP contribution in [0.5, 0.6) is 0 Å². The third-order valence-corrected chi connectivity index (χ3v) is 3.91. The number of hydrogen-bond acceptors (Lipinski definition) is 5. The van der Waals surface area contributed by atoms with Gasteiger partial charge >= 0.3 is 0 Å². The van der Waals surface area contributed by atoms with E-state index in [0.717, 1.165) is 31.7 Å². The third-order valence-electron chi connectivity index (χ3n) is 3.72. The van der Waals surface area contributed by atoms with Crippen LogP contribution in [0.4, 0.5) is 5.82 Å². The first-order chi connectivity index (χ1) is 9.15.